The second-order valence-corrected chi connectivity index (χ2v) is 17.4. The molecular formula is C48H91NO9. The molecule has 0 aromatic rings. The van der Waals surface area contributed by atoms with Crippen molar-refractivity contribution in [1.82, 2.24) is 5.32 Å². The number of unbranched alkanes of at least 4 members (excludes halogenated alkanes) is 29. The van der Waals surface area contributed by atoms with E-state index in [0.717, 1.165) is 64.2 Å². The molecule has 0 bridgehead atoms. The fourth-order valence-corrected chi connectivity index (χ4v) is 8.29. The number of carbonyl (C=O) groups excluding carboxylic acids is 3. The molecule has 1 rings (SSSR count). The Morgan fingerprint density at radius 1 is 0.569 bits per heavy atom. The zero-order valence-corrected chi connectivity index (χ0v) is 37.7. The van der Waals surface area contributed by atoms with Crippen LogP contribution in [0.4, 0.5) is 0 Å². The van der Waals surface area contributed by atoms with Crippen molar-refractivity contribution in [3.63, 3.8) is 0 Å². The van der Waals surface area contributed by atoms with Crippen molar-refractivity contribution >= 4 is 17.7 Å². The minimum absolute atomic E-state index is 0.0716. The second-order valence-electron chi connectivity index (χ2n) is 17.4. The first-order valence-electron chi connectivity index (χ1n) is 24.5. The third-order valence-electron chi connectivity index (χ3n) is 12.2. The number of Topliss-reactive ketones (excluding diaryl/α,β-unsaturated/α-hetero) is 1. The number of aliphatic hydroxyl groups excluding tert-OH is 3. The average molecular weight is 826 g/mol. The van der Waals surface area contributed by atoms with Crippen molar-refractivity contribution in [2.75, 3.05) is 6.61 Å². The van der Waals surface area contributed by atoms with Gasteiger partial charge in [-0.25, -0.2) is 0 Å². The zero-order valence-electron chi connectivity index (χ0n) is 37.7. The summed E-state index contributed by atoms with van der Waals surface area (Å²) in [5.74, 6) is -1.97. The van der Waals surface area contributed by atoms with Crippen molar-refractivity contribution in [2.45, 2.75) is 282 Å². The monoisotopic (exact) mass is 826 g/mol. The Kier molecular flexibility index (Phi) is 33.9. The standard InChI is InChI=1S/C48H91NO9/c1-4-7-10-13-16-19-22-25-28-31-34-37-42(51)48(56)44(47(55)58-41(39-50)45(48)53)49-46(54)40(36-33-30-27-24-21-18-15-12-9-6-3)57-43(52)38-35-32-29-26-23-20-17-14-11-8-5-2/h40-41,44-45,47,50,53,55-56H,4-39H2,1-3H3,(H,49,54)/t40?,41-,44+,45-,47-,48-/m1/s1. The van der Waals surface area contributed by atoms with Crippen LogP contribution in [-0.4, -0.2) is 80.9 Å². The highest BCUT2D eigenvalue weighted by Gasteiger charge is 2.59. The van der Waals surface area contributed by atoms with Crippen LogP contribution < -0.4 is 5.32 Å². The Bertz CT molecular complexity index is 1010. The van der Waals surface area contributed by atoms with Gasteiger partial charge in [0.2, 0.25) is 0 Å². The van der Waals surface area contributed by atoms with Gasteiger partial charge in [0.05, 0.1) is 6.61 Å². The minimum atomic E-state index is -2.61. The third-order valence-corrected chi connectivity index (χ3v) is 12.2. The van der Waals surface area contributed by atoms with Gasteiger partial charge in [-0.3, -0.25) is 14.4 Å². The lowest BCUT2D eigenvalue weighted by Crippen LogP contribution is -2.75. The lowest BCUT2D eigenvalue weighted by Gasteiger charge is -2.48. The van der Waals surface area contributed by atoms with Crippen molar-refractivity contribution in [3.05, 3.63) is 0 Å². The summed E-state index contributed by atoms with van der Waals surface area (Å²) in [4.78, 5) is 40.6. The maximum absolute atomic E-state index is 13.9. The largest absolute Gasteiger partial charge is 0.452 e. The quantitative estimate of drug-likeness (QED) is 0.0299. The van der Waals surface area contributed by atoms with E-state index in [1.165, 1.54) is 122 Å². The smallest absolute Gasteiger partial charge is 0.306 e. The Hall–Kier alpha value is -1.59. The number of hydrogen-bond donors (Lipinski definition) is 5. The van der Waals surface area contributed by atoms with E-state index in [4.69, 9.17) is 9.47 Å². The van der Waals surface area contributed by atoms with Crippen molar-refractivity contribution in [3.8, 4) is 0 Å². The summed E-state index contributed by atoms with van der Waals surface area (Å²) in [7, 11) is 0. The average Bonchev–Trinajstić information content (AvgIpc) is 3.21. The molecule has 0 spiro atoms. The summed E-state index contributed by atoms with van der Waals surface area (Å²) in [5, 5.41) is 46.4. The first-order valence-corrected chi connectivity index (χ1v) is 24.5. The molecule has 1 amide bonds. The molecule has 342 valence electrons. The normalized spacial score (nSPS) is 21.2. The van der Waals surface area contributed by atoms with Gasteiger partial charge in [-0.05, 0) is 25.7 Å². The highest BCUT2D eigenvalue weighted by atomic mass is 16.6. The summed E-state index contributed by atoms with van der Waals surface area (Å²) in [5.41, 5.74) is -2.61. The van der Waals surface area contributed by atoms with Gasteiger partial charge < -0.3 is 35.2 Å². The summed E-state index contributed by atoms with van der Waals surface area (Å²) in [6, 6.07) is -1.72. The maximum Gasteiger partial charge on any atom is 0.306 e. The predicted molar refractivity (Wildman–Crippen MR) is 234 cm³/mol. The minimum Gasteiger partial charge on any atom is -0.452 e. The first kappa shape index (κ1) is 54.4. The topological polar surface area (TPSA) is 163 Å². The molecule has 1 unspecified atom stereocenters. The zero-order chi connectivity index (χ0) is 42.7. The molecular weight excluding hydrogens is 735 g/mol. The van der Waals surface area contributed by atoms with E-state index < -0.39 is 60.5 Å². The SMILES string of the molecule is CCCCCCCCCCCCCC(=O)OC(CCCCCCCCCCCC)C(=O)N[C@H]1[C@H](O)O[C@H](CO)[C@@H](O)[C@@]1(O)C(=O)CCCCCCCCCCCCC. The maximum atomic E-state index is 13.9. The highest BCUT2D eigenvalue weighted by Crippen LogP contribution is 2.32. The molecule has 0 aromatic heterocycles. The third kappa shape index (κ3) is 24.0. The van der Waals surface area contributed by atoms with Crippen LogP contribution in [0, 0.1) is 0 Å². The Morgan fingerprint density at radius 3 is 1.33 bits per heavy atom. The van der Waals surface area contributed by atoms with Crippen LogP contribution in [0.5, 0.6) is 0 Å². The van der Waals surface area contributed by atoms with Crippen LogP contribution in [0.1, 0.15) is 245 Å². The molecule has 1 fully saturated rings. The summed E-state index contributed by atoms with van der Waals surface area (Å²) in [6.07, 6.45) is 29.6. The number of rotatable bonds is 40. The number of esters is 1. The van der Waals surface area contributed by atoms with Gasteiger partial charge in [0.15, 0.2) is 23.8 Å². The van der Waals surface area contributed by atoms with Crippen LogP contribution in [-0.2, 0) is 23.9 Å². The van der Waals surface area contributed by atoms with Gasteiger partial charge >= 0.3 is 5.97 Å². The Balaban J connectivity index is 2.81. The van der Waals surface area contributed by atoms with Gasteiger partial charge in [-0.1, -0.05) is 207 Å². The van der Waals surface area contributed by atoms with Gasteiger partial charge in [0, 0.05) is 12.8 Å². The molecule has 1 aliphatic rings. The molecule has 0 aliphatic carbocycles. The molecule has 58 heavy (non-hydrogen) atoms. The number of ether oxygens (including phenoxy) is 2. The molecule has 1 heterocycles. The van der Waals surface area contributed by atoms with Gasteiger partial charge in [0.25, 0.3) is 5.91 Å². The van der Waals surface area contributed by atoms with E-state index in [0.29, 0.717) is 19.3 Å². The molecule has 5 N–H and O–H groups in total. The molecule has 1 saturated heterocycles. The van der Waals surface area contributed by atoms with E-state index in [9.17, 15) is 34.8 Å². The van der Waals surface area contributed by atoms with Crippen molar-refractivity contribution in [1.29, 1.82) is 0 Å². The van der Waals surface area contributed by atoms with E-state index in [-0.39, 0.29) is 19.3 Å². The first-order chi connectivity index (χ1) is 28.2. The summed E-state index contributed by atoms with van der Waals surface area (Å²) >= 11 is 0. The van der Waals surface area contributed by atoms with Crippen LogP contribution in [0.15, 0.2) is 0 Å². The molecule has 10 heteroatoms. The Labute approximate surface area is 354 Å². The number of carbonyl (C=O) groups is 3. The molecule has 0 radical (unpaired) electrons. The molecule has 6 atom stereocenters. The highest BCUT2D eigenvalue weighted by molar-refractivity contribution is 5.91. The van der Waals surface area contributed by atoms with Crippen LogP contribution in [0.2, 0.25) is 0 Å². The van der Waals surface area contributed by atoms with Crippen LogP contribution in [0.3, 0.4) is 0 Å². The Morgan fingerprint density at radius 2 is 0.931 bits per heavy atom. The number of amides is 1. The molecule has 10 nitrogen and oxygen atoms in total. The van der Waals surface area contributed by atoms with Crippen LogP contribution in [0.25, 0.3) is 0 Å². The lowest BCUT2D eigenvalue weighted by atomic mass is 9.77. The molecule has 0 saturated carbocycles. The van der Waals surface area contributed by atoms with E-state index >= 15 is 0 Å². The molecule has 1 aliphatic heterocycles. The number of aliphatic hydroxyl groups is 4. The lowest BCUT2D eigenvalue weighted by molar-refractivity contribution is -0.279. The number of nitrogens with one attached hydrogen (secondary N) is 1. The fourth-order valence-electron chi connectivity index (χ4n) is 8.29. The van der Waals surface area contributed by atoms with Gasteiger partial charge in [-0.15, -0.1) is 0 Å². The van der Waals surface area contributed by atoms with Gasteiger partial charge in [0.1, 0.15) is 18.2 Å². The summed E-state index contributed by atoms with van der Waals surface area (Å²) < 4.78 is 11.2. The number of hydrogen-bond acceptors (Lipinski definition) is 9. The fraction of sp³-hybridized carbons (Fsp3) is 0.938. The second kappa shape index (κ2) is 36.1. The van der Waals surface area contributed by atoms with Crippen LogP contribution >= 0.6 is 0 Å². The van der Waals surface area contributed by atoms with Crippen molar-refractivity contribution < 1.29 is 44.3 Å². The van der Waals surface area contributed by atoms with E-state index in [1.54, 1.807) is 0 Å². The summed E-state index contributed by atoms with van der Waals surface area (Å²) in [6.45, 7) is 5.91. The molecule has 0 aromatic carbocycles. The van der Waals surface area contributed by atoms with Crippen molar-refractivity contribution in [2.24, 2.45) is 0 Å². The van der Waals surface area contributed by atoms with Gasteiger partial charge in [-0.2, -0.15) is 0 Å². The van der Waals surface area contributed by atoms with E-state index in [2.05, 4.69) is 26.1 Å². The number of ketones is 1. The predicted octanol–water partition coefficient (Wildman–Crippen LogP) is 10.5. The van der Waals surface area contributed by atoms with E-state index in [1.807, 2.05) is 0 Å².